The van der Waals surface area contributed by atoms with Crippen LogP contribution in [0.25, 0.3) is 0 Å². The molecule has 1 aromatic carbocycles. The van der Waals surface area contributed by atoms with Crippen LogP contribution in [0.2, 0.25) is 0 Å². The smallest absolute Gasteiger partial charge is 0.409 e. The Morgan fingerprint density at radius 1 is 1.13 bits per heavy atom. The summed E-state index contributed by atoms with van der Waals surface area (Å²) >= 11 is 1.27. The molecule has 2 aromatic rings. The first-order valence-electron chi connectivity index (χ1n) is 9.73. The van der Waals surface area contributed by atoms with E-state index in [1.165, 1.54) is 11.3 Å². The van der Waals surface area contributed by atoms with Crippen molar-refractivity contribution < 1.29 is 19.1 Å². The van der Waals surface area contributed by atoms with Gasteiger partial charge in [0.25, 0.3) is 0 Å². The Morgan fingerprint density at radius 3 is 2.57 bits per heavy atom. The van der Waals surface area contributed by atoms with Gasteiger partial charge in [0.1, 0.15) is 0 Å². The number of benzene rings is 1. The molecule has 1 aromatic heterocycles. The fraction of sp³-hybridized carbons (Fsp3) is 0.400. The van der Waals surface area contributed by atoms with Crippen LogP contribution in [0.3, 0.4) is 0 Å². The van der Waals surface area contributed by atoms with Gasteiger partial charge in [-0.05, 0) is 31.5 Å². The number of ether oxygens (including phenoxy) is 1. The van der Waals surface area contributed by atoms with Gasteiger partial charge in [-0.3, -0.25) is 10.1 Å². The van der Waals surface area contributed by atoms with Crippen LogP contribution < -0.4 is 10.6 Å². The zero-order valence-electron chi connectivity index (χ0n) is 17.0. The minimum absolute atomic E-state index is 0.124. The van der Waals surface area contributed by atoms with Gasteiger partial charge < -0.3 is 19.9 Å². The maximum atomic E-state index is 12.4. The fourth-order valence-corrected chi connectivity index (χ4v) is 3.72. The number of hydrogen-bond donors (Lipinski definition) is 2. The highest BCUT2D eigenvalue weighted by molar-refractivity contribution is 7.13. The van der Waals surface area contributed by atoms with Crippen molar-refractivity contribution in [2.75, 3.05) is 43.4 Å². The van der Waals surface area contributed by atoms with Crippen LogP contribution in [-0.4, -0.2) is 65.6 Å². The molecular weight excluding hydrogens is 406 g/mol. The maximum absolute atomic E-state index is 12.4. The third-order valence-corrected chi connectivity index (χ3v) is 5.31. The first-order valence-corrected chi connectivity index (χ1v) is 10.6. The van der Waals surface area contributed by atoms with Gasteiger partial charge in [-0.25, -0.2) is 14.6 Å². The lowest BCUT2D eigenvalue weighted by atomic mass is 10.2. The van der Waals surface area contributed by atoms with Gasteiger partial charge in [0.05, 0.1) is 18.7 Å². The van der Waals surface area contributed by atoms with Crippen LogP contribution in [-0.2, 0) is 16.0 Å². The zero-order chi connectivity index (χ0) is 21.5. The maximum Gasteiger partial charge on any atom is 0.409 e. The minimum atomic E-state index is -0.355. The van der Waals surface area contributed by atoms with E-state index in [-0.39, 0.29) is 24.5 Å². The number of aryl methyl sites for hydroxylation is 1. The topological polar surface area (TPSA) is 104 Å². The first kappa shape index (κ1) is 21.6. The molecule has 10 heteroatoms. The number of amides is 4. The molecule has 0 radical (unpaired) electrons. The molecule has 2 N–H and O–H groups in total. The number of anilines is 2. The summed E-state index contributed by atoms with van der Waals surface area (Å²) in [6, 6.07) is 7.30. The third-order valence-electron chi connectivity index (χ3n) is 4.50. The largest absolute Gasteiger partial charge is 0.450 e. The van der Waals surface area contributed by atoms with E-state index in [1.54, 1.807) is 22.1 Å². The number of hydrogen-bond acceptors (Lipinski definition) is 6. The molecular formula is C20H25N5O4S. The first-order chi connectivity index (χ1) is 14.4. The molecule has 1 aliphatic rings. The van der Waals surface area contributed by atoms with Crippen LogP contribution in [0.4, 0.5) is 20.4 Å². The van der Waals surface area contributed by atoms with Crippen molar-refractivity contribution in [2.45, 2.75) is 20.3 Å². The highest BCUT2D eigenvalue weighted by Gasteiger charge is 2.25. The molecule has 0 spiro atoms. The van der Waals surface area contributed by atoms with Crippen molar-refractivity contribution in [3.63, 3.8) is 0 Å². The van der Waals surface area contributed by atoms with Crippen LogP contribution in [0.5, 0.6) is 0 Å². The van der Waals surface area contributed by atoms with Gasteiger partial charge in [-0.1, -0.05) is 12.1 Å². The van der Waals surface area contributed by atoms with Crippen LogP contribution in [0.15, 0.2) is 29.6 Å². The lowest BCUT2D eigenvalue weighted by molar-refractivity contribution is -0.115. The second-order valence-corrected chi connectivity index (χ2v) is 7.70. The molecule has 1 fully saturated rings. The molecule has 0 aliphatic carbocycles. The number of urea groups is 1. The zero-order valence-corrected chi connectivity index (χ0v) is 17.8. The van der Waals surface area contributed by atoms with Gasteiger partial charge in [0.2, 0.25) is 5.91 Å². The molecule has 0 atom stereocenters. The van der Waals surface area contributed by atoms with E-state index in [0.29, 0.717) is 43.6 Å². The predicted molar refractivity (Wildman–Crippen MR) is 115 cm³/mol. The van der Waals surface area contributed by atoms with E-state index in [9.17, 15) is 14.4 Å². The number of nitrogens with one attached hydrogen (secondary N) is 2. The lowest BCUT2D eigenvalue weighted by Crippen LogP contribution is -2.51. The number of thiazole rings is 1. The van der Waals surface area contributed by atoms with Crippen LogP contribution in [0, 0.1) is 6.92 Å². The molecule has 0 saturated carbocycles. The van der Waals surface area contributed by atoms with Gasteiger partial charge in [0, 0.05) is 37.2 Å². The standard InChI is InChI=1S/C20H25N5O4S/c1-3-29-20(28)25-9-7-24(8-10-25)19(27)23-18-22-16(13-30-18)12-17(26)21-15-6-4-5-14(2)11-15/h4-6,11,13H,3,7-10,12H2,1-2H3,(H,21,26)(H,22,23,27). The van der Waals surface area contributed by atoms with Gasteiger partial charge in [-0.2, -0.15) is 0 Å². The van der Waals surface area contributed by atoms with E-state index in [1.807, 2.05) is 31.2 Å². The predicted octanol–water partition coefficient (Wildman–Crippen LogP) is 2.94. The van der Waals surface area contributed by atoms with E-state index >= 15 is 0 Å². The Hall–Kier alpha value is -3.14. The molecule has 0 bridgehead atoms. The summed E-state index contributed by atoms with van der Waals surface area (Å²) < 4.78 is 4.98. The van der Waals surface area contributed by atoms with Crippen molar-refractivity contribution in [1.82, 2.24) is 14.8 Å². The fourth-order valence-electron chi connectivity index (χ4n) is 3.02. The van der Waals surface area contributed by atoms with Crippen LogP contribution in [0.1, 0.15) is 18.2 Å². The number of carbonyl (C=O) groups excluding carboxylic acids is 3. The number of nitrogens with zero attached hydrogens (tertiary/aromatic N) is 3. The van der Waals surface area contributed by atoms with E-state index in [4.69, 9.17) is 4.74 Å². The van der Waals surface area contributed by atoms with E-state index in [0.717, 1.165) is 11.3 Å². The average molecular weight is 432 g/mol. The van der Waals surface area contributed by atoms with Crippen molar-refractivity contribution >= 4 is 40.2 Å². The number of carbonyl (C=O) groups is 3. The Kier molecular flexibility index (Phi) is 7.23. The molecule has 160 valence electrons. The molecule has 9 nitrogen and oxygen atoms in total. The lowest BCUT2D eigenvalue weighted by Gasteiger charge is -2.33. The highest BCUT2D eigenvalue weighted by atomic mass is 32.1. The Labute approximate surface area is 179 Å². The highest BCUT2D eigenvalue weighted by Crippen LogP contribution is 2.18. The Morgan fingerprint density at radius 2 is 1.87 bits per heavy atom. The monoisotopic (exact) mass is 431 g/mol. The molecule has 2 heterocycles. The summed E-state index contributed by atoms with van der Waals surface area (Å²) in [4.78, 5) is 43.9. The quantitative estimate of drug-likeness (QED) is 0.758. The number of rotatable bonds is 5. The van der Waals surface area contributed by atoms with Crippen molar-refractivity contribution in [3.05, 3.63) is 40.9 Å². The summed E-state index contributed by atoms with van der Waals surface area (Å²) in [5.74, 6) is -0.168. The van der Waals surface area contributed by atoms with Crippen molar-refractivity contribution in [3.8, 4) is 0 Å². The molecule has 1 saturated heterocycles. The summed E-state index contributed by atoms with van der Waals surface area (Å²) in [6.07, 6.45) is -0.232. The molecule has 30 heavy (non-hydrogen) atoms. The summed E-state index contributed by atoms with van der Waals surface area (Å²) in [6.45, 7) is 5.74. The Bertz CT molecular complexity index is 908. The summed E-state index contributed by atoms with van der Waals surface area (Å²) in [7, 11) is 0. The van der Waals surface area contributed by atoms with Gasteiger partial charge in [-0.15, -0.1) is 11.3 Å². The third kappa shape index (κ3) is 5.93. The molecule has 4 amide bonds. The minimum Gasteiger partial charge on any atom is -0.450 e. The molecule has 1 aliphatic heterocycles. The summed E-state index contributed by atoms with van der Waals surface area (Å²) in [5.41, 5.74) is 2.40. The number of piperazine rings is 1. The van der Waals surface area contributed by atoms with Gasteiger partial charge in [0.15, 0.2) is 5.13 Å². The van der Waals surface area contributed by atoms with Crippen LogP contribution >= 0.6 is 11.3 Å². The molecule has 0 unspecified atom stereocenters. The number of aromatic nitrogens is 1. The van der Waals surface area contributed by atoms with Gasteiger partial charge >= 0.3 is 12.1 Å². The Balaban J connectivity index is 1.46. The second-order valence-electron chi connectivity index (χ2n) is 6.84. The normalized spacial score (nSPS) is 13.7. The van der Waals surface area contributed by atoms with E-state index < -0.39 is 0 Å². The van der Waals surface area contributed by atoms with E-state index in [2.05, 4.69) is 15.6 Å². The SMILES string of the molecule is CCOC(=O)N1CCN(C(=O)Nc2nc(CC(=O)Nc3cccc(C)c3)cs2)CC1. The molecule has 3 rings (SSSR count). The summed E-state index contributed by atoms with van der Waals surface area (Å²) in [5, 5.41) is 7.79. The second kappa shape index (κ2) is 10.1. The van der Waals surface area contributed by atoms with Crippen molar-refractivity contribution in [2.24, 2.45) is 0 Å². The van der Waals surface area contributed by atoms with Crippen molar-refractivity contribution in [1.29, 1.82) is 0 Å². The average Bonchev–Trinajstić information content (AvgIpc) is 3.14.